The Morgan fingerprint density at radius 2 is 1.77 bits per heavy atom. The highest BCUT2D eigenvalue weighted by Crippen LogP contribution is 2.07. The first-order valence-electron chi connectivity index (χ1n) is 7.08. The molecule has 0 saturated carbocycles. The third-order valence-electron chi connectivity index (χ3n) is 2.94. The van der Waals surface area contributed by atoms with E-state index in [-0.39, 0.29) is 18.3 Å². The molecule has 0 radical (unpaired) electrons. The highest BCUT2D eigenvalue weighted by molar-refractivity contribution is 5.95. The molecule has 0 heterocycles. The largest absolute Gasteiger partial charge is 0.354 e. The number of carbonyl (C=O) groups is 2. The highest BCUT2D eigenvalue weighted by Gasteiger charge is 2.29. The topological polar surface area (TPSA) is 96.2 Å². The van der Waals surface area contributed by atoms with Crippen LogP contribution in [0.15, 0.2) is 30.3 Å². The molecular weight excluding hydrogens is 304 g/mol. The minimum absolute atomic E-state index is 0. The number of rotatable bonds is 7. The van der Waals surface area contributed by atoms with Crippen LogP contribution in [0.1, 0.15) is 26.7 Å². The summed E-state index contributed by atoms with van der Waals surface area (Å²) < 4.78 is 0. The van der Waals surface area contributed by atoms with E-state index in [1.54, 1.807) is 26.0 Å². The van der Waals surface area contributed by atoms with E-state index in [1.165, 1.54) is 0 Å². The third kappa shape index (κ3) is 7.28. The van der Waals surface area contributed by atoms with Crippen LogP contribution in [0.5, 0.6) is 0 Å². The Morgan fingerprint density at radius 1 is 1.14 bits per heavy atom. The van der Waals surface area contributed by atoms with Crippen LogP contribution >= 0.6 is 12.4 Å². The van der Waals surface area contributed by atoms with Gasteiger partial charge in [0.2, 0.25) is 5.91 Å². The first kappa shape index (κ1) is 20.2. The average molecular weight is 329 g/mol. The van der Waals surface area contributed by atoms with Gasteiger partial charge < -0.3 is 21.7 Å². The summed E-state index contributed by atoms with van der Waals surface area (Å²) in [7, 11) is 0. The van der Waals surface area contributed by atoms with Crippen LogP contribution in [-0.2, 0) is 4.79 Å². The van der Waals surface area contributed by atoms with Crippen LogP contribution in [0.4, 0.5) is 10.5 Å². The van der Waals surface area contributed by atoms with Gasteiger partial charge in [0.25, 0.3) is 0 Å². The Balaban J connectivity index is 0.00000441. The standard InChI is InChI=1S/C15H24N4O2.ClH/c1-15(2,13(20)17-11-7-6-10-16)19-14(21)18-12-8-4-3-5-9-12;/h3-5,8-9H,6-7,10-11,16H2,1-2H3,(H,17,20)(H2,18,19,21);1H. The summed E-state index contributed by atoms with van der Waals surface area (Å²) in [5, 5.41) is 8.13. The van der Waals surface area contributed by atoms with Crippen molar-refractivity contribution in [3.8, 4) is 0 Å². The first-order valence-corrected chi connectivity index (χ1v) is 7.08. The van der Waals surface area contributed by atoms with Crippen molar-refractivity contribution in [2.45, 2.75) is 32.2 Å². The minimum Gasteiger partial charge on any atom is -0.354 e. The quantitative estimate of drug-likeness (QED) is 0.575. The molecule has 0 bridgehead atoms. The van der Waals surface area contributed by atoms with Gasteiger partial charge >= 0.3 is 6.03 Å². The second-order valence-electron chi connectivity index (χ2n) is 5.32. The molecule has 1 aromatic carbocycles. The van der Waals surface area contributed by atoms with Crippen molar-refractivity contribution in [1.29, 1.82) is 0 Å². The van der Waals surface area contributed by atoms with Gasteiger partial charge in [0.05, 0.1) is 0 Å². The van der Waals surface area contributed by atoms with Gasteiger partial charge in [-0.2, -0.15) is 0 Å². The molecule has 0 aliphatic rings. The average Bonchev–Trinajstić information content (AvgIpc) is 2.43. The highest BCUT2D eigenvalue weighted by atomic mass is 35.5. The number of urea groups is 1. The molecular formula is C15H25ClN4O2. The van der Waals surface area contributed by atoms with Crippen molar-refractivity contribution in [2.75, 3.05) is 18.4 Å². The van der Waals surface area contributed by atoms with Crippen molar-refractivity contribution >= 4 is 30.0 Å². The summed E-state index contributed by atoms with van der Waals surface area (Å²) in [6, 6.07) is 8.65. The van der Waals surface area contributed by atoms with Gasteiger partial charge in [-0.1, -0.05) is 18.2 Å². The van der Waals surface area contributed by atoms with E-state index in [1.807, 2.05) is 18.2 Å². The number of nitrogens with two attached hydrogens (primary N) is 1. The molecule has 0 aliphatic carbocycles. The number of anilines is 1. The van der Waals surface area contributed by atoms with Crippen LogP contribution in [0.25, 0.3) is 0 Å². The van der Waals surface area contributed by atoms with Gasteiger partial charge in [-0.25, -0.2) is 4.79 Å². The van der Waals surface area contributed by atoms with E-state index in [9.17, 15) is 9.59 Å². The number of amides is 3. The Morgan fingerprint density at radius 3 is 2.36 bits per heavy atom. The van der Waals surface area contributed by atoms with Crippen LogP contribution in [0, 0.1) is 0 Å². The molecule has 7 heteroatoms. The molecule has 0 aliphatic heterocycles. The summed E-state index contributed by atoms with van der Waals surface area (Å²) in [6.07, 6.45) is 1.69. The predicted octanol–water partition coefficient (Wildman–Crippen LogP) is 1.86. The van der Waals surface area contributed by atoms with Gasteiger partial charge in [-0.15, -0.1) is 12.4 Å². The van der Waals surface area contributed by atoms with Crippen molar-refractivity contribution in [2.24, 2.45) is 5.73 Å². The lowest BCUT2D eigenvalue weighted by molar-refractivity contribution is -0.126. The lowest BCUT2D eigenvalue weighted by atomic mass is 10.0. The fourth-order valence-corrected chi connectivity index (χ4v) is 1.72. The maximum atomic E-state index is 12.0. The second kappa shape index (κ2) is 10.0. The number of hydrogen-bond acceptors (Lipinski definition) is 3. The van der Waals surface area contributed by atoms with E-state index >= 15 is 0 Å². The van der Waals surface area contributed by atoms with Crippen LogP contribution < -0.4 is 21.7 Å². The van der Waals surface area contributed by atoms with E-state index in [0.29, 0.717) is 18.8 Å². The molecule has 0 unspecified atom stereocenters. The van der Waals surface area contributed by atoms with Crippen LogP contribution in [-0.4, -0.2) is 30.6 Å². The maximum Gasteiger partial charge on any atom is 0.320 e. The van der Waals surface area contributed by atoms with Crippen molar-refractivity contribution < 1.29 is 9.59 Å². The molecule has 0 atom stereocenters. The van der Waals surface area contributed by atoms with Gasteiger partial charge in [0.15, 0.2) is 0 Å². The SMILES string of the molecule is CC(C)(NC(=O)Nc1ccccc1)C(=O)NCCCCN.Cl. The molecule has 0 spiro atoms. The van der Waals surface area contributed by atoms with Gasteiger partial charge in [-0.3, -0.25) is 4.79 Å². The molecule has 0 saturated heterocycles. The first-order chi connectivity index (χ1) is 9.95. The Hall–Kier alpha value is -1.79. The van der Waals surface area contributed by atoms with Gasteiger partial charge in [-0.05, 0) is 45.4 Å². The fourth-order valence-electron chi connectivity index (χ4n) is 1.72. The molecule has 0 aromatic heterocycles. The van der Waals surface area contributed by atoms with Crippen LogP contribution in [0.3, 0.4) is 0 Å². The van der Waals surface area contributed by atoms with Gasteiger partial charge in [0.1, 0.15) is 5.54 Å². The third-order valence-corrected chi connectivity index (χ3v) is 2.94. The zero-order valence-corrected chi connectivity index (χ0v) is 13.8. The Bertz CT molecular complexity index is 466. The number of para-hydroxylation sites is 1. The van der Waals surface area contributed by atoms with E-state index in [0.717, 1.165) is 12.8 Å². The maximum absolute atomic E-state index is 12.0. The molecule has 124 valence electrons. The summed E-state index contributed by atoms with van der Waals surface area (Å²) >= 11 is 0. The Kier molecular flexibility index (Phi) is 9.21. The van der Waals surface area contributed by atoms with Crippen molar-refractivity contribution in [1.82, 2.24) is 10.6 Å². The molecule has 1 aromatic rings. The minimum atomic E-state index is -0.985. The fraction of sp³-hybridized carbons (Fsp3) is 0.467. The number of benzene rings is 1. The Labute approximate surface area is 137 Å². The number of hydrogen-bond donors (Lipinski definition) is 4. The zero-order chi connectivity index (χ0) is 15.7. The summed E-state index contributed by atoms with van der Waals surface area (Å²) in [6.45, 7) is 4.49. The smallest absolute Gasteiger partial charge is 0.320 e. The molecule has 0 fully saturated rings. The summed E-state index contributed by atoms with van der Waals surface area (Å²) in [5.74, 6) is -0.220. The number of unbranched alkanes of at least 4 members (excludes halogenated alkanes) is 1. The normalized spacial score (nSPS) is 10.3. The van der Waals surface area contributed by atoms with E-state index < -0.39 is 11.6 Å². The van der Waals surface area contributed by atoms with E-state index in [4.69, 9.17) is 5.73 Å². The molecule has 5 N–H and O–H groups in total. The zero-order valence-electron chi connectivity index (χ0n) is 13.0. The summed E-state index contributed by atoms with van der Waals surface area (Å²) in [5.41, 5.74) is 5.08. The van der Waals surface area contributed by atoms with E-state index in [2.05, 4.69) is 16.0 Å². The van der Waals surface area contributed by atoms with Crippen LogP contribution in [0.2, 0.25) is 0 Å². The monoisotopic (exact) mass is 328 g/mol. The van der Waals surface area contributed by atoms with Gasteiger partial charge in [0, 0.05) is 12.2 Å². The number of halogens is 1. The number of carbonyl (C=O) groups excluding carboxylic acids is 2. The predicted molar refractivity (Wildman–Crippen MR) is 91.2 cm³/mol. The lowest BCUT2D eigenvalue weighted by Gasteiger charge is -2.25. The molecule has 22 heavy (non-hydrogen) atoms. The summed E-state index contributed by atoms with van der Waals surface area (Å²) in [4.78, 5) is 23.9. The molecule has 1 rings (SSSR count). The second-order valence-corrected chi connectivity index (χ2v) is 5.32. The molecule has 6 nitrogen and oxygen atoms in total. The molecule has 3 amide bonds. The number of nitrogens with one attached hydrogen (secondary N) is 3. The lowest BCUT2D eigenvalue weighted by Crippen LogP contribution is -2.55. The van der Waals surface area contributed by atoms with Crippen molar-refractivity contribution in [3.05, 3.63) is 30.3 Å². The van der Waals surface area contributed by atoms with Crippen molar-refractivity contribution in [3.63, 3.8) is 0 Å².